The van der Waals surface area contributed by atoms with Gasteiger partial charge in [-0.05, 0) is 50.7 Å². The summed E-state index contributed by atoms with van der Waals surface area (Å²) in [6.45, 7) is 18.9. The second kappa shape index (κ2) is 22.1. The van der Waals surface area contributed by atoms with Crippen molar-refractivity contribution in [3.8, 4) is 11.8 Å². The quantitative estimate of drug-likeness (QED) is 0.0726. The summed E-state index contributed by atoms with van der Waals surface area (Å²) in [4.78, 5) is 16.0. The van der Waals surface area contributed by atoms with Crippen LogP contribution in [0.4, 0.5) is 11.9 Å². The molecule has 0 fully saturated rings. The molecule has 0 spiro atoms. The lowest BCUT2D eigenvalue weighted by molar-refractivity contribution is -0.929. The van der Waals surface area contributed by atoms with Crippen LogP contribution in [0.15, 0.2) is 60.7 Å². The smallest absolute Gasteiger partial charge is 0.249 e. The van der Waals surface area contributed by atoms with E-state index in [0.29, 0.717) is 34.1 Å². The third-order valence-electron chi connectivity index (χ3n) is 9.36. The highest BCUT2D eigenvalue weighted by Gasteiger charge is 2.24. The van der Waals surface area contributed by atoms with Gasteiger partial charge in [0.2, 0.25) is 29.3 Å². The summed E-state index contributed by atoms with van der Waals surface area (Å²) >= 11 is 0. The Hall–Kier alpha value is -5.44. The van der Waals surface area contributed by atoms with E-state index >= 15 is 0 Å². The van der Waals surface area contributed by atoms with E-state index in [9.17, 15) is 0 Å². The largest absolute Gasteiger partial charge is 0.491 e. The van der Waals surface area contributed by atoms with Gasteiger partial charge in [-0.15, -0.1) is 10.2 Å². The van der Waals surface area contributed by atoms with Crippen LogP contribution >= 0.6 is 0 Å². The Labute approximate surface area is 324 Å². The van der Waals surface area contributed by atoms with Crippen molar-refractivity contribution in [2.24, 2.45) is 0 Å². The van der Waals surface area contributed by atoms with Crippen LogP contribution in [0.1, 0.15) is 116 Å². The van der Waals surface area contributed by atoms with Crippen molar-refractivity contribution < 1.29 is 14.0 Å². The van der Waals surface area contributed by atoms with Crippen molar-refractivity contribution in [2.45, 2.75) is 105 Å². The van der Waals surface area contributed by atoms with Crippen LogP contribution in [0.5, 0.6) is 11.8 Å². The second-order valence-corrected chi connectivity index (χ2v) is 13.7. The van der Waals surface area contributed by atoms with Crippen LogP contribution in [0.3, 0.4) is 0 Å². The van der Waals surface area contributed by atoms with Crippen molar-refractivity contribution in [1.82, 2.24) is 50.8 Å². The minimum Gasteiger partial charge on any atom is -0.491 e. The Bertz CT molecular complexity index is 1790. The first-order valence-electron chi connectivity index (χ1n) is 19.6. The van der Waals surface area contributed by atoms with Crippen molar-refractivity contribution in [1.29, 1.82) is 0 Å². The van der Waals surface area contributed by atoms with Crippen LogP contribution < -0.4 is 26.2 Å². The minimum atomic E-state index is -0.185. The monoisotopic (exact) mass is 753 g/mol. The molecule has 15 heteroatoms. The predicted octanol–water partition coefficient (Wildman–Crippen LogP) is 7.57. The molecule has 296 valence electrons. The molecule has 0 saturated carbocycles. The van der Waals surface area contributed by atoms with Gasteiger partial charge in [0.05, 0.1) is 26.2 Å². The number of benzene rings is 2. The van der Waals surface area contributed by atoms with Gasteiger partial charge in [0.1, 0.15) is 17.7 Å². The van der Waals surface area contributed by atoms with Gasteiger partial charge in [0.25, 0.3) is 0 Å². The van der Waals surface area contributed by atoms with E-state index in [1.807, 2.05) is 74.5 Å². The molecule has 0 aliphatic carbocycles. The topological polar surface area (TPSA) is 204 Å². The fourth-order valence-corrected chi connectivity index (χ4v) is 6.17. The van der Waals surface area contributed by atoms with E-state index in [4.69, 9.17) is 20.9 Å². The zero-order chi connectivity index (χ0) is 39.5. The zero-order valence-corrected chi connectivity index (χ0v) is 33.4. The molecule has 2 aromatic carbocycles. The summed E-state index contributed by atoms with van der Waals surface area (Å²) in [7, 11) is 0. The summed E-state index contributed by atoms with van der Waals surface area (Å²) in [6.07, 6.45) is 10.7. The number of nitrogens with one attached hydrogen (secondary N) is 1. The first kappa shape index (κ1) is 42.3. The van der Waals surface area contributed by atoms with Crippen molar-refractivity contribution >= 4 is 34.2 Å². The SMILES string of the molecule is CC(Oc1nc(N)nc2n[n-]nc12)c1ccccc1.CC(Oc1nc(N)nc2n[nH]nc12)c1ccccc1.CCCC[N+](CCCC)(CCCC)CCCC. The van der Waals surface area contributed by atoms with E-state index in [0.717, 1.165) is 11.1 Å². The number of anilines is 2. The molecule has 4 aromatic heterocycles. The Morgan fingerprint density at radius 2 is 1.02 bits per heavy atom. The average Bonchev–Trinajstić information content (AvgIpc) is 3.89. The first-order valence-corrected chi connectivity index (χ1v) is 19.6. The fraction of sp³-hybridized carbons (Fsp3) is 0.500. The fourth-order valence-electron chi connectivity index (χ4n) is 6.17. The van der Waals surface area contributed by atoms with E-state index < -0.39 is 0 Å². The number of aromatic nitrogens is 10. The Morgan fingerprint density at radius 1 is 0.582 bits per heavy atom. The average molecular weight is 754 g/mol. The van der Waals surface area contributed by atoms with Crippen LogP contribution in [0.25, 0.3) is 22.3 Å². The molecule has 0 radical (unpaired) electrons. The van der Waals surface area contributed by atoms with Gasteiger partial charge in [0.15, 0.2) is 11.2 Å². The number of H-pyrrole nitrogens is 1. The summed E-state index contributed by atoms with van der Waals surface area (Å²) in [5, 5.41) is 21.5. The second-order valence-electron chi connectivity index (χ2n) is 13.7. The number of hydrogen-bond acceptors (Lipinski definition) is 12. The first-order chi connectivity index (χ1) is 26.7. The minimum absolute atomic E-state index is 0.0880. The van der Waals surface area contributed by atoms with Crippen LogP contribution in [-0.4, -0.2) is 76.2 Å². The lowest BCUT2D eigenvalue weighted by Crippen LogP contribution is -2.50. The number of unbranched alkanes of at least 4 members (excludes halogenated alkanes) is 4. The van der Waals surface area contributed by atoms with E-state index in [1.165, 1.54) is 82.0 Å². The molecule has 2 unspecified atom stereocenters. The molecule has 55 heavy (non-hydrogen) atoms. The molecule has 0 aliphatic heterocycles. The number of hydrogen-bond donors (Lipinski definition) is 3. The van der Waals surface area contributed by atoms with E-state index in [2.05, 4.69) is 78.5 Å². The van der Waals surface area contributed by atoms with Gasteiger partial charge in [-0.1, -0.05) is 114 Å². The van der Waals surface area contributed by atoms with Crippen molar-refractivity contribution in [3.05, 3.63) is 71.8 Å². The standard InChI is InChI=1S/C16H36N.C12H12N6O.C12H11N6O/c1-5-9-13-17(14-10-6-2,15-11-7-3)16-12-8-4;2*1-7(8-5-3-2-4-6-8)19-11-9-10(17-18-16-9)14-12(13)15-11/h5-16H2,1-4H3;2-7H,1H3,(H3,13,14,15,16,17,18);2-7H,1H3,(H2-,13,14,15,16,17,18)/q+1;;-1. The van der Waals surface area contributed by atoms with Crippen molar-refractivity contribution in [3.63, 3.8) is 0 Å². The predicted molar refractivity (Wildman–Crippen MR) is 217 cm³/mol. The molecular formula is C40H59N13O2. The van der Waals surface area contributed by atoms with Gasteiger partial charge in [0, 0.05) is 0 Å². The van der Waals surface area contributed by atoms with E-state index in [-0.39, 0.29) is 24.1 Å². The molecule has 6 rings (SSSR count). The molecule has 0 amide bonds. The third kappa shape index (κ3) is 12.8. The molecule has 6 aromatic rings. The van der Waals surface area contributed by atoms with Gasteiger partial charge < -0.3 is 40.8 Å². The normalized spacial score (nSPS) is 12.3. The van der Waals surface area contributed by atoms with Crippen molar-refractivity contribution in [2.75, 3.05) is 37.6 Å². The maximum absolute atomic E-state index is 5.80. The number of rotatable bonds is 18. The van der Waals surface area contributed by atoms with Gasteiger partial charge in [-0.3, -0.25) is 0 Å². The van der Waals surface area contributed by atoms with Crippen LogP contribution in [0.2, 0.25) is 0 Å². The third-order valence-corrected chi connectivity index (χ3v) is 9.36. The van der Waals surface area contributed by atoms with Gasteiger partial charge in [-0.2, -0.15) is 25.1 Å². The lowest BCUT2D eigenvalue weighted by Gasteiger charge is -2.39. The number of nitrogen functional groups attached to an aromatic ring is 2. The highest BCUT2D eigenvalue weighted by molar-refractivity contribution is 5.76. The van der Waals surface area contributed by atoms with E-state index in [1.54, 1.807) is 0 Å². The highest BCUT2D eigenvalue weighted by Crippen LogP contribution is 2.26. The summed E-state index contributed by atoms with van der Waals surface area (Å²) < 4.78 is 13.0. The van der Waals surface area contributed by atoms with Gasteiger partial charge >= 0.3 is 0 Å². The van der Waals surface area contributed by atoms with Crippen LogP contribution in [-0.2, 0) is 0 Å². The molecule has 0 saturated heterocycles. The summed E-state index contributed by atoms with van der Waals surface area (Å²) in [5.74, 6) is 0.818. The molecule has 15 nitrogen and oxygen atoms in total. The Balaban J connectivity index is 0.000000184. The molecule has 0 aliphatic rings. The number of ether oxygens (including phenoxy) is 2. The Morgan fingerprint density at radius 3 is 1.47 bits per heavy atom. The lowest BCUT2D eigenvalue weighted by atomic mass is 10.1. The zero-order valence-electron chi connectivity index (χ0n) is 33.4. The molecule has 5 N–H and O–H groups in total. The summed E-state index contributed by atoms with van der Waals surface area (Å²) in [6, 6.07) is 19.6. The Kier molecular flexibility index (Phi) is 17.0. The molecule has 4 heterocycles. The highest BCUT2D eigenvalue weighted by atomic mass is 16.5. The summed E-state index contributed by atoms with van der Waals surface area (Å²) in [5.41, 5.74) is 14.9. The maximum Gasteiger partial charge on any atom is 0.249 e. The van der Waals surface area contributed by atoms with Gasteiger partial charge in [-0.25, -0.2) is 0 Å². The number of nitrogens with two attached hydrogens (primary N) is 2. The van der Waals surface area contributed by atoms with Crippen LogP contribution in [0, 0.1) is 0 Å². The number of aromatic amines is 1. The maximum atomic E-state index is 5.80. The number of fused-ring (bicyclic) bond motifs is 2. The molecular weight excluding hydrogens is 695 g/mol. The molecule has 2 atom stereocenters. The number of quaternary nitrogens is 1. The molecule has 0 bridgehead atoms. The number of nitrogens with zero attached hydrogens (tertiary/aromatic N) is 10.